The number of imidazole rings is 1. The SMILES string of the molecule is CCCCCCc1ncc2c(ncn2Cc2ccccc2)n1. The summed E-state index contributed by atoms with van der Waals surface area (Å²) in [5.74, 6) is 0.911. The topological polar surface area (TPSA) is 43.6 Å². The van der Waals surface area contributed by atoms with Crippen molar-refractivity contribution in [3.63, 3.8) is 0 Å². The standard InChI is InChI=1S/C18H22N4/c1-2-3-4-8-11-17-19-12-16-18(21-17)20-14-22(16)13-15-9-6-5-7-10-15/h5-7,9-10,12,14H,2-4,8,11,13H2,1H3. The molecule has 0 atom stereocenters. The molecule has 22 heavy (non-hydrogen) atoms. The number of benzene rings is 1. The summed E-state index contributed by atoms with van der Waals surface area (Å²) < 4.78 is 2.10. The first-order valence-corrected chi connectivity index (χ1v) is 8.07. The van der Waals surface area contributed by atoms with Crippen LogP contribution in [0.4, 0.5) is 0 Å². The summed E-state index contributed by atoms with van der Waals surface area (Å²) >= 11 is 0. The Kier molecular flexibility index (Phi) is 4.78. The zero-order valence-electron chi connectivity index (χ0n) is 13.1. The molecule has 0 saturated heterocycles. The maximum atomic E-state index is 4.59. The molecule has 0 amide bonds. The predicted octanol–water partition coefficient (Wildman–Crippen LogP) is 4.00. The molecule has 4 nitrogen and oxygen atoms in total. The summed E-state index contributed by atoms with van der Waals surface area (Å²) in [6, 6.07) is 10.4. The summed E-state index contributed by atoms with van der Waals surface area (Å²) in [5, 5.41) is 0. The summed E-state index contributed by atoms with van der Waals surface area (Å²) in [6.45, 7) is 3.03. The highest BCUT2D eigenvalue weighted by atomic mass is 15.1. The molecule has 4 heteroatoms. The van der Waals surface area contributed by atoms with Gasteiger partial charge in [0.05, 0.1) is 12.5 Å². The van der Waals surface area contributed by atoms with E-state index in [0.717, 1.165) is 36.4 Å². The van der Waals surface area contributed by atoms with Crippen LogP contribution in [0, 0.1) is 0 Å². The van der Waals surface area contributed by atoms with Gasteiger partial charge in [-0.2, -0.15) is 0 Å². The van der Waals surface area contributed by atoms with Gasteiger partial charge in [-0.3, -0.25) is 0 Å². The number of aryl methyl sites for hydroxylation is 1. The maximum absolute atomic E-state index is 4.59. The maximum Gasteiger partial charge on any atom is 0.181 e. The number of nitrogens with zero attached hydrogens (tertiary/aromatic N) is 4. The quantitative estimate of drug-likeness (QED) is 0.619. The smallest absolute Gasteiger partial charge is 0.181 e. The first-order chi connectivity index (χ1) is 10.9. The van der Waals surface area contributed by atoms with Crippen LogP contribution in [0.3, 0.4) is 0 Å². The largest absolute Gasteiger partial charge is 0.323 e. The van der Waals surface area contributed by atoms with E-state index < -0.39 is 0 Å². The molecule has 1 aromatic carbocycles. The molecule has 0 spiro atoms. The lowest BCUT2D eigenvalue weighted by atomic mass is 10.1. The van der Waals surface area contributed by atoms with Gasteiger partial charge < -0.3 is 4.57 Å². The van der Waals surface area contributed by atoms with E-state index in [2.05, 4.69) is 50.7 Å². The third-order valence-corrected chi connectivity index (χ3v) is 3.88. The van der Waals surface area contributed by atoms with Crippen molar-refractivity contribution in [1.82, 2.24) is 19.5 Å². The fraction of sp³-hybridized carbons (Fsp3) is 0.389. The van der Waals surface area contributed by atoms with Gasteiger partial charge in [-0.1, -0.05) is 56.5 Å². The van der Waals surface area contributed by atoms with Gasteiger partial charge in [0.15, 0.2) is 5.65 Å². The van der Waals surface area contributed by atoms with E-state index in [1.165, 1.54) is 24.8 Å². The van der Waals surface area contributed by atoms with Crippen LogP contribution >= 0.6 is 0 Å². The molecule has 0 aliphatic carbocycles. The summed E-state index contributed by atoms with van der Waals surface area (Å²) in [6.07, 6.45) is 9.66. The molecule has 2 heterocycles. The van der Waals surface area contributed by atoms with Gasteiger partial charge in [0, 0.05) is 13.0 Å². The van der Waals surface area contributed by atoms with Gasteiger partial charge in [0.25, 0.3) is 0 Å². The van der Waals surface area contributed by atoms with E-state index in [-0.39, 0.29) is 0 Å². The normalized spacial score (nSPS) is 11.1. The zero-order chi connectivity index (χ0) is 15.2. The van der Waals surface area contributed by atoms with E-state index in [0.29, 0.717) is 0 Å². The lowest BCUT2D eigenvalue weighted by Crippen LogP contribution is -2.00. The Morgan fingerprint density at radius 3 is 2.68 bits per heavy atom. The van der Waals surface area contributed by atoms with E-state index in [1.54, 1.807) is 0 Å². The predicted molar refractivity (Wildman–Crippen MR) is 88.7 cm³/mol. The first kappa shape index (κ1) is 14.7. The molecule has 0 saturated carbocycles. The van der Waals surface area contributed by atoms with Gasteiger partial charge in [-0.25, -0.2) is 15.0 Å². The van der Waals surface area contributed by atoms with Crippen LogP contribution in [0.5, 0.6) is 0 Å². The van der Waals surface area contributed by atoms with Gasteiger partial charge in [-0.15, -0.1) is 0 Å². The minimum atomic E-state index is 0.802. The van der Waals surface area contributed by atoms with Crippen molar-refractivity contribution in [3.05, 3.63) is 54.2 Å². The second-order valence-corrected chi connectivity index (χ2v) is 5.66. The fourth-order valence-electron chi connectivity index (χ4n) is 2.62. The molecule has 0 radical (unpaired) electrons. The molecule has 0 N–H and O–H groups in total. The van der Waals surface area contributed by atoms with Gasteiger partial charge in [0.1, 0.15) is 11.3 Å². The summed E-state index contributed by atoms with van der Waals surface area (Å²) in [7, 11) is 0. The van der Waals surface area contributed by atoms with Crippen LogP contribution in [-0.4, -0.2) is 19.5 Å². The van der Waals surface area contributed by atoms with Gasteiger partial charge in [0.2, 0.25) is 0 Å². The Morgan fingerprint density at radius 1 is 1.00 bits per heavy atom. The zero-order valence-corrected chi connectivity index (χ0v) is 13.1. The molecule has 2 aromatic heterocycles. The molecule has 0 aliphatic rings. The van der Waals surface area contributed by atoms with Crippen LogP contribution in [0.15, 0.2) is 42.9 Å². The molecule has 0 unspecified atom stereocenters. The van der Waals surface area contributed by atoms with Crippen LogP contribution in [0.2, 0.25) is 0 Å². The number of unbranched alkanes of at least 4 members (excludes halogenated alkanes) is 3. The van der Waals surface area contributed by atoms with Crippen molar-refractivity contribution in [2.24, 2.45) is 0 Å². The van der Waals surface area contributed by atoms with Crippen molar-refractivity contribution in [2.75, 3.05) is 0 Å². The number of rotatable bonds is 7. The van der Waals surface area contributed by atoms with Crippen LogP contribution in [0.1, 0.15) is 44.0 Å². The summed E-state index contributed by atoms with van der Waals surface area (Å²) in [5.41, 5.74) is 3.06. The van der Waals surface area contributed by atoms with Crippen molar-refractivity contribution >= 4 is 11.2 Å². The Morgan fingerprint density at radius 2 is 1.86 bits per heavy atom. The number of fused-ring (bicyclic) bond motifs is 1. The molecule has 0 bridgehead atoms. The van der Waals surface area contributed by atoms with Crippen molar-refractivity contribution in [3.8, 4) is 0 Å². The fourth-order valence-corrected chi connectivity index (χ4v) is 2.62. The van der Waals surface area contributed by atoms with Crippen molar-refractivity contribution in [1.29, 1.82) is 0 Å². The average Bonchev–Trinajstić information content (AvgIpc) is 2.95. The molecular weight excluding hydrogens is 272 g/mol. The Hall–Kier alpha value is -2.23. The van der Waals surface area contributed by atoms with E-state index in [9.17, 15) is 0 Å². The second kappa shape index (κ2) is 7.16. The van der Waals surface area contributed by atoms with Crippen molar-refractivity contribution in [2.45, 2.75) is 45.6 Å². The Bertz CT molecular complexity index is 718. The lowest BCUT2D eigenvalue weighted by molar-refractivity contribution is 0.653. The molecule has 3 rings (SSSR count). The lowest BCUT2D eigenvalue weighted by Gasteiger charge is -2.04. The van der Waals surface area contributed by atoms with Gasteiger partial charge >= 0.3 is 0 Å². The van der Waals surface area contributed by atoms with Crippen LogP contribution in [0.25, 0.3) is 11.2 Å². The van der Waals surface area contributed by atoms with E-state index in [4.69, 9.17) is 0 Å². The Labute approximate surface area is 131 Å². The van der Waals surface area contributed by atoms with Gasteiger partial charge in [-0.05, 0) is 12.0 Å². The highest BCUT2D eigenvalue weighted by Gasteiger charge is 2.07. The van der Waals surface area contributed by atoms with E-state index >= 15 is 0 Å². The number of aromatic nitrogens is 4. The highest BCUT2D eigenvalue weighted by molar-refractivity contribution is 5.69. The number of hydrogen-bond acceptors (Lipinski definition) is 3. The summed E-state index contributed by atoms with van der Waals surface area (Å²) in [4.78, 5) is 13.5. The first-order valence-electron chi connectivity index (χ1n) is 8.07. The molecule has 3 aromatic rings. The second-order valence-electron chi connectivity index (χ2n) is 5.66. The molecule has 0 aliphatic heterocycles. The molecule has 0 fully saturated rings. The van der Waals surface area contributed by atoms with Crippen molar-refractivity contribution < 1.29 is 0 Å². The highest BCUT2D eigenvalue weighted by Crippen LogP contribution is 2.13. The minimum absolute atomic E-state index is 0.802. The average molecular weight is 294 g/mol. The number of hydrogen-bond donors (Lipinski definition) is 0. The van der Waals surface area contributed by atoms with E-state index in [1.807, 2.05) is 18.6 Å². The van der Waals surface area contributed by atoms with Crippen LogP contribution < -0.4 is 0 Å². The van der Waals surface area contributed by atoms with Crippen LogP contribution in [-0.2, 0) is 13.0 Å². The molecule has 114 valence electrons. The molecular formula is C18H22N4. The Balaban J connectivity index is 1.72. The monoisotopic (exact) mass is 294 g/mol. The third-order valence-electron chi connectivity index (χ3n) is 3.88. The minimum Gasteiger partial charge on any atom is -0.323 e. The third kappa shape index (κ3) is 3.50.